The molecule has 1 aliphatic heterocycles. The number of hydrogen-bond acceptors (Lipinski definition) is 3. The van der Waals surface area contributed by atoms with E-state index in [0.717, 1.165) is 29.7 Å². The first-order chi connectivity index (χ1) is 10.7. The van der Waals surface area contributed by atoms with Gasteiger partial charge in [0.1, 0.15) is 0 Å². The molecule has 3 N–H and O–H groups in total. The Balaban J connectivity index is 0.00000192. The molecule has 2 aromatic carbocycles. The SMILES string of the molecule is Cl.Nc1ccc(CCNC(=O)C2OCCc3ccccc32)cc1. The van der Waals surface area contributed by atoms with E-state index in [1.807, 2.05) is 42.5 Å². The Bertz CT molecular complexity index is 658. The highest BCUT2D eigenvalue weighted by molar-refractivity contribution is 5.85. The quantitative estimate of drug-likeness (QED) is 0.846. The Hall–Kier alpha value is -2.04. The van der Waals surface area contributed by atoms with Crippen LogP contribution in [0.15, 0.2) is 48.5 Å². The average molecular weight is 333 g/mol. The predicted molar refractivity (Wildman–Crippen MR) is 93.7 cm³/mol. The highest BCUT2D eigenvalue weighted by Crippen LogP contribution is 2.26. The van der Waals surface area contributed by atoms with Crippen LogP contribution in [0.25, 0.3) is 0 Å². The molecule has 0 aliphatic carbocycles. The zero-order valence-electron chi connectivity index (χ0n) is 12.8. The first-order valence-corrected chi connectivity index (χ1v) is 7.55. The maximum absolute atomic E-state index is 12.3. The number of carbonyl (C=O) groups excluding carboxylic acids is 1. The number of fused-ring (bicyclic) bond motifs is 1. The third-order valence-corrected chi connectivity index (χ3v) is 3.92. The lowest BCUT2D eigenvalue weighted by Gasteiger charge is -2.25. The molecular weight excluding hydrogens is 312 g/mol. The van der Waals surface area contributed by atoms with Gasteiger partial charge in [0.15, 0.2) is 6.10 Å². The van der Waals surface area contributed by atoms with Crippen LogP contribution in [-0.2, 0) is 22.4 Å². The minimum atomic E-state index is -0.489. The zero-order chi connectivity index (χ0) is 15.4. The molecule has 3 rings (SSSR count). The van der Waals surface area contributed by atoms with Gasteiger partial charge in [0.05, 0.1) is 6.61 Å². The molecule has 2 aromatic rings. The van der Waals surface area contributed by atoms with Crippen molar-refractivity contribution in [1.82, 2.24) is 5.32 Å². The monoisotopic (exact) mass is 332 g/mol. The molecule has 1 unspecified atom stereocenters. The minimum absolute atomic E-state index is 0. The van der Waals surface area contributed by atoms with Gasteiger partial charge < -0.3 is 15.8 Å². The van der Waals surface area contributed by atoms with Gasteiger partial charge in [-0.25, -0.2) is 0 Å². The van der Waals surface area contributed by atoms with Crippen LogP contribution < -0.4 is 11.1 Å². The van der Waals surface area contributed by atoms with Crippen molar-refractivity contribution in [2.75, 3.05) is 18.9 Å². The van der Waals surface area contributed by atoms with E-state index in [2.05, 4.69) is 11.4 Å². The Morgan fingerprint density at radius 3 is 2.70 bits per heavy atom. The molecule has 0 spiro atoms. The topological polar surface area (TPSA) is 64.3 Å². The molecule has 0 saturated carbocycles. The highest BCUT2D eigenvalue weighted by atomic mass is 35.5. The molecule has 0 saturated heterocycles. The van der Waals surface area contributed by atoms with Gasteiger partial charge in [-0.15, -0.1) is 12.4 Å². The molecule has 1 heterocycles. The van der Waals surface area contributed by atoms with Gasteiger partial charge in [0, 0.05) is 12.2 Å². The molecule has 5 heteroatoms. The van der Waals surface area contributed by atoms with Crippen molar-refractivity contribution in [3.63, 3.8) is 0 Å². The van der Waals surface area contributed by atoms with Crippen LogP contribution >= 0.6 is 12.4 Å². The molecule has 23 heavy (non-hydrogen) atoms. The van der Waals surface area contributed by atoms with Crippen molar-refractivity contribution >= 4 is 24.0 Å². The first-order valence-electron chi connectivity index (χ1n) is 7.55. The Kier molecular flexibility index (Phi) is 6.02. The molecule has 1 amide bonds. The van der Waals surface area contributed by atoms with Crippen LogP contribution in [0.1, 0.15) is 22.8 Å². The highest BCUT2D eigenvalue weighted by Gasteiger charge is 2.26. The molecule has 0 bridgehead atoms. The molecule has 0 fully saturated rings. The number of ether oxygens (including phenoxy) is 1. The van der Waals surface area contributed by atoms with Crippen LogP contribution in [0, 0.1) is 0 Å². The Labute approximate surface area is 142 Å². The van der Waals surface area contributed by atoms with Crippen LogP contribution in [0.2, 0.25) is 0 Å². The van der Waals surface area contributed by atoms with Crippen LogP contribution in [-0.4, -0.2) is 19.1 Å². The fraction of sp³-hybridized carbons (Fsp3) is 0.278. The van der Waals surface area contributed by atoms with Crippen molar-refractivity contribution in [1.29, 1.82) is 0 Å². The van der Waals surface area contributed by atoms with Gasteiger partial charge in [-0.1, -0.05) is 36.4 Å². The summed E-state index contributed by atoms with van der Waals surface area (Å²) in [5.41, 5.74) is 9.75. The van der Waals surface area contributed by atoms with E-state index in [1.54, 1.807) is 0 Å². The molecular formula is C18H21ClN2O2. The van der Waals surface area contributed by atoms with E-state index in [0.29, 0.717) is 13.2 Å². The lowest BCUT2D eigenvalue weighted by atomic mass is 9.97. The maximum atomic E-state index is 12.3. The standard InChI is InChI=1S/C18H20N2O2.ClH/c19-15-7-5-13(6-8-15)9-11-20-18(21)17-16-4-2-1-3-14(16)10-12-22-17;/h1-8,17H,9-12,19H2,(H,20,21);1H. The van der Waals surface area contributed by atoms with Gasteiger partial charge in [0.25, 0.3) is 5.91 Å². The number of halogens is 1. The third kappa shape index (κ3) is 4.24. The van der Waals surface area contributed by atoms with E-state index >= 15 is 0 Å². The maximum Gasteiger partial charge on any atom is 0.253 e. The molecule has 1 aliphatic rings. The number of anilines is 1. The second-order valence-electron chi connectivity index (χ2n) is 5.48. The fourth-order valence-electron chi connectivity index (χ4n) is 2.72. The largest absolute Gasteiger partial charge is 0.399 e. The van der Waals surface area contributed by atoms with Crippen LogP contribution in [0.3, 0.4) is 0 Å². The number of nitrogen functional groups attached to an aromatic ring is 1. The summed E-state index contributed by atoms with van der Waals surface area (Å²) in [7, 11) is 0. The van der Waals surface area contributed by atoms with Crippen molar-refractivity contribution < 1.29 is 9.53 Å². The van der Waals surface area contributed by atoms with Crippen molar-refractivity contribution in [3.05, 3.63) is 65.2 Å². The fourth-order valence-corrected chi connectivity index (χ4v) is 2.72. The average Bonchev–Trinajstić information content (AvgIpc) is 2.56. The molecule has 4 nitrogen and oxygen atoms in total. The first kappa shape index (κ1) is 17.3. The van der Waals surface area contributed by atoms with E-state index in [-0.39, 0.29) is 18.3 Å². The molecule has 122 valence electrons. The van der Waals surface area contributed by atoms with Gasteiger partial charge in [-0.2, -0.15) is 0 Å². The van der Waals surface area contributed by atoms with Crippen molar-refractivity contribution in [3.8, 4) is 0 Å². The van der Waals surface area contributed by atoms with Crippen LogP contribution in [0.4, 0.5) is 5.69 Å². The van der Waals surface area contributed by atoms with Gasteiger partial charge >= 0.3 is 0 Å². The molecule has 1 atom stereocenters. The smallest absolute Gasteiger partial charge is 0.253 e. The summed E-state index contributed by atoms with van der Waals surface area (Å²) in [6.07, 6.45) is 1.16. The zero-order valence-corrected chi connectivity index (χ0v) is 13.6. The van der Waals surface area contributed by atoms with Gasteiger partial charge in [0.2, 0.25) is 0 Å². The summed E-state index contributed by atoms with van der Waals surface area (Å²) in [5.74, 6) is -0.0670. The predicted octanol–water partition coefficient (Wildman–Crippen LogP) is 2.66. The number of carbonyl (C=O) groups is 1. The summed E-state index contributed by atoms with van der Waals surface area (Å²) >= 11 is 0. The lowest BCUT2D eigenvalue weighted by molar-refractivity contribution is -0.134. The van der Waals surface area contributed by atoms with Gasteiger partial charge in [-0.3, -0.25) is 4.79 Å². The Morgan fingerprint density at radius 1 is 1.17 bits per heavy atom. The normalized spacial score (nSPS) is 16.1. The lowest BCUT2D eigenvalue weighted by Crippen LogP contribution is -2.34. The van der Waals surface area contributed by atoms with Crippen molar-refractivity contribution in [2.45, 2.75) is 18.9 Å². The third-order valence-electron chi connectivity index (χ3n) is 3.92. The summed E-state index contributed by atoms with van der Waals surface area (Å²) in [5, 5.41) is 2.96. The van der Waals surface area contributed by atoms with E-state index < -0.39 is 6.10 Å². The second-order valence-corrected chi connectivity index (χ2v) is 5.48. The number of rotatable bonds is 4. The summed E-state index contributed by atoms with van der Waals surface area (Å²) in [6.45, 7) is 1.18. The minimum Gasteiger partial charge on any atom is -0.399 e. The van der Waals surface area contributed by atoms with E-state index in [4.69, 9.17) is 10.5 Å². The second kappa shape index (κ2) is 7.99. The number of amides is 1. The van der Waals surface area contributed by atoms with Crippen molar-refractivity contribution in [2.24, 2.45) is 0 Å². The number of nitrogens with two attached hydrogens (primary N) is 1. The number of hydrogen-bond donors (Lipinski definition) is 2. The van der Waals surface area contributed by atoms with Gasteiger partial charge in [-0.05, 0) is 41.7 Å². The number of benzene rings is 2. The van der Waals surface area contributed by atoms with Crippen LogP contribution in [0.5, 0.6) is 0 Å². The molecule has 0 aromatic heterocycles. The summed E-state index contributed by atoms with van der Waals surface area (Å²) in [6, 6.07) is 15.7. The summed E-state index contributed by atoms with van der Waals surface area (Å²) in [4.78, 5) is 12.3. The summed E-state index contributed by atoms with van der Waals surface area (Å²) < 4.78 is 5.66. The number of nitrogens with one attached hydrogen (secondary N) is 1. The van der Waals surface area contributed by atoms with E-state index in [1.165, 1.54) is 5.56 Å². The Morgan fingerprint density at radius 2 is 1.91 bits per heavy atom. The van der Waals surface area contributed by atoms with E-state index in [9.17, 15) is 4.79 Å². The molecule has 0 radical (unpaired) electrons.